The van der Waals surface area contributed by atoms with Gasteiger partial charge in [0.05, 0.1) is 12.1 Å². The number of nitrogens with one attached hydrogen (secondary N) is 2. The molecule has 0 bridgehead atoms. The van der Waals surface area contributed by atoms with Crippen LogP contribution in [0, 0.1) is 0 Å². The summed E-state index contributed by atoms with van der Waals surface area (Å²) in [6.07, 6.45) is -0.712. The number of amides is 1. The van der Waals surface area contributed by atoms with Gasteiger partial charge in [0.2, 0.25) is 5.91 Å². The smallest absolute Gasteiger partial charge is 0.237 e. The summed E-state index contributed by atoms with van der Waals surface area (Å²) >= 11 is 0. The van der Waals surface area contributed by atoms with Gasteiger partial charge in [0, 0.05) is 13.0 Å². The highest BCUT2D eigenvalue weighted by Gasteiger charge is 2.30. The van der Waals surface area contributed by atoms with Crippen LogP contribution in [0.3, 0.4) is 0 Å². The first-order valence-corrected chi connectivity index (χ1v) is 8.87. The van der Waals surface area contributed by atoms with E-state index in [1.54, 1.807) is 0 Å². The monoisotopic (exact) mass is 340 g/mol. The van der Waals surface area contributed by atoms with E-state index < -0.39 is 12.2 Å². The number of carbonyl (C=O) groups is 1. The summed E-state index contributed by atoms with van der Waals surface area (Å²) < 4.78 is 13.4. The molecule has 1 saturated heterocycles. The van der Waals surface area contributed by atoms with Crippen molar-refractivity contribution in [3.05, 3.63) is 71.3 Å². The molecule has 0 radical (unpaired) electrons. The van der Waals surface area contributed by atoms with Gasteiger partial charge in [-0.15, -0.1) is 0 Å². The first kappa shape index (κ1) is 17.6. The maximum atomic E-state index is 13.4. The number of benzene rings is 2. The number of alkyl halides is 1. The largest absolute Gasteiger partial charge is 0.344 e. The van der Waals surface area contributed by atoms with Gasteiger partial charge in [-0.05, 0) is 22.6 Å². The fraction of sp³-hybridized carbons (Fsp3) is 0.381. The Morgan fingerprint density at radius 3 is 2.20 bits per heavy atom. The molecule has 3 rings (SSSR count). The zero-order chi connectivity index (χ0) is 17.8. The summed E-state index contributed by atoms with van der Waals surface area (Å²) in [5, 5.41) is 6.04. The number of rotatable bonds is 5. The summed E-state index contributed by atoms with van der Waals surface area (Å²) in [6, 6.07) is 17.5. The van der Waals surface area contributed by atoms with Crippen molar-refractivity contribution in [1.82, 2.24) is 10.6 Å². The molecule has 1 amide bonds. The molecule has 132 valence electrons. The van der Waals surface area contributed by atoms with Gasteiger partial charge in [-0.1, -0.05) is 68.4 Å². The molecule has 3 nitrogen and oxygen atoms in total. The van der Waals surface area contributed by atoms with Gasteiger partial charge >= 0.3 is 0 Å². The van der Waals surface area contributed by atoms with Crippen molar-refractivity contribution in [3.63, 3.8) is 0 Å². The Morgan fingerprint density at radius 2 is 1.64 bits per heavy atom. The molecule has 0 aromatic heterocycles. The fourth-order valence-corrected chi connectivity index (χ4v) is 3.21. The quantitative estimate of drug-likeness (QED) is 0.871. The van der Waals surface area contributed by atoms with E-state index in [1.165, 1.54) is 5.56 Å². The Bertz CT molecular complexity index is 700. The highest BCUT2D eigenvalue weighted by molar-refractivity contribution is 5.83. The van der Waals surface area contributed by atoms with Gasteiger partial charge in [0.15, 0.2) is 0 Å². The van der Waals surface area contributed by atoms with Crippen molar-refractivity contribution >= 4 is 5.91 Å². The Hall–Kier alpha value is -2.20. The molecule has 3 atom stereocenters. The molecule has 2 N–H and O–H groups in total. The lowest BCUT2D eigenvalue weighted by Crippen LogP contribution is -2.42. The Labute approximate surface area is 148 Å². The van der Waals surface area contributed by atoms with E-state index in [-0.39, 0.29) is 24.9 Å². The normalized spacial score (nSPS) is 21.3. The number of carbonyl (C=O) groups excluding carboxylic acids is 1. The SMILES string of the molecule is CC(C)c1ccc([C@@H](NC(=O)C2CC(F)CN2)c2ccccc2)cc1. The van der Waals surface area contributed by atoms with E-state index in [0.29, 0.717) is 5.92 Å². The van der Waals surface area contributed by atoms with E-state index in [0.717, 1.165) is 11.1 Å². The predicted molar refractivity (Wildman–Crippen MR) is 98.3 cm³/mol. The third-order valence-corrected chi connectivity index (χ3v) is 4.75. The topological polar surface area (TPSA) is 41.1 Å². The minimum absolute atomic E-state index is 0.151. The molecule has 1 fully saturated rings. The number of hydrogen-bond acceptors (Lipinski definition) is 2. The minimum Gasteiger partial charge on any atom is -0.344 e. The molecule has 4 heteroatoms. The summed E-state index contributed by atoms with van der Waals surface area (Å²) in [5.74, 6) is 0.310. The minimum atomic E-state index is -0.948. The number of halogens is 1. The summed E-state index contributed by atoms with van der Waals surface area (Å²) in [4.78, 5) is 12.6. The first-order valence-electron chi connectivity index (χ1n) is 8.87. The number of hydrogen-bond donors (Lipinski definition) is 2. The molecule has 2 aromatic carbocycles. The molecule has 25 heavy (non-hydrogen) atoms. The van der Waals surface area contributed by atoms with Crippen LogP contribution in [0.1, 0.15) is 48.9 Å². The molecular formula is C21H25FN2O. The van der Waals surface area contributed by atoms with Crippen LogP contribution in [0.2, 0.25) is 0 Å². The van der Waals surface area contributed by atoms with Crippen molar-refractivity contribution in [2.24, 2.45) is 0 Å². The van der Waals surface area contributed by atoms with Crippen molar-refractivity contribution in [3.8, 4) is 0 Å². The molecule has 0 spiro atoms. The molecule has 0 saturated carbocycles. The van der Waals surface area contributed by atoms with Crippen LogP contribution in [0.15, 0.2) is 54.6 Å². The average Bonchev–Trinajstić information content (AvgIpc) is 3.07. The van der Waals surface area contributed by atoms with Crippen LogP contribution in [0.4, 0.5) is 4.39 Å². The summed E-state index contributed by atoms with van der Waals surface area (Å²) in [6.45, 7) is 4.56. The maximum Gasteiger partial charge on any atom is 0.237 e. The first-order chi connectivity index (χ1) is 12.0. The zero-order valence-electron chi connectivity index (χ0n) is 14.7. The molecule has 1 aliphatic rings. The molecular weight excluding hydrogens is 315 g/mol. The lowest BCUT2D eigenvalue weighted by Gasteiger charge is -2.22. The third-order valence-electron chi connectivity index (χ3n) is 4.75. The second-order valence-electron chi connectivity index (χ2n) is 6.97. The Morgan fingerprint density at radius 1 is 1.04 bits per heavy atom. The van der Waals surface area contributed by atoms with E-state index in [4.69, 9.17) is 0 Å². The molecule has 0 aliphatic carbocycles. The van der Waals surface area contributed by atoms with Crippen molar-refractivity contribution in [2.75, 3.05) is 6.54 Å². The van der Waals surface area contributed by atoms with Gasteiger partial charge in [0.25, 0.3) is 0 Å². The van der Waals surface area contributed by atoms with Gasteiger partial charge in [0.1, 0.15) is 6.17 Å². The van der Waals surface area contributed by atoms with Crippen LogP contribution < -0.4 is 10.6 Å². The highest BCUT2D eigenvalue weighted by atomic mass is 19.1. The average molecular weight is 340 g/mol. The zero-order valence-corrected chi connectivity index (χ0v) is 14.7. The van der Waals surface area contributed by atoms with E-state index >= 15 is 0 Å². The second-order valence-corrected chi connectivity index (χ2v) is 6.97. The highest BCUT2D eigenvalue weighted by Crippen LogP contribution is 2.25. The lowest BCUT2D eigenvalue weighted by atomic mass is 9.95. The fourth-order valence-electron chi connectivity index (χ4n) is 3.21. The van der Waals surface area contributed by atoms with E-state index in [2.05, 4.69) is 48.7 Å². The van der Waals surface area contributed by atoms with E-state index in [9.17, 15) is 9.18 Å². The predicted octanol–water partition coefficient (Wildman–Crippen LogP) is 3.72. The molecule has 2 unspecified atom stereocenters. The maximum absolute atomic E-state index is 13.4. The van der Waals surface area contributed by atoms with Gasteiger partial charge in [-0.25, -0.2) is 4.39 Å². The Balaban J connectivity index is 1.84. The molecule has 2 aromatic rings. The van der Waals surface area contributed by atoms with Crippen LogP contribution >= 0.6 is 0 Å². The van der Waals surface area contributed by atoms with Crippen molar-refractivity contribution in [1.29, 1.82) is 0 Å². The van der Waals surface area contributed by atoms with Crippen LogP contribution in [-0.4, -0.2) is 24.7 Å². The second kappa shape index (κ2) is 7.79. The van der Waals surface area contributed by atoms with Crippen LogP contribution in [-0.2, 0) is 4.79 Å². The van der Waals surface area contributed by atoms with Crippen LogP contribution in [0.5, 0.6) is 0 Å². The van der Waals surface area contributed by atoms with Gasteiger partial charge < -0.3 is 10.6 Å². The molecule has 1 aliphatic heterocycles. The van der Waals surface area contributed by atoms with Crippen molar-refractivity contribution in [2.45, 2.75) is 44.4 Å². The summed E-state index contributed by atoms with van der Waals surface area (Å²) in [7, 11) is 0. The Kier molecular flexibility index (Phi) is 5.49. The van der Waals surface area contributed by atoms with E-state index in [1.807, 2.05) is 30.3 Å². The standard InChI is InChI=1S/C21H25FN2O/c1-14(2)15-8-10-17(11-9-15)20(16-6-4-3-5-7-16)24-21(25)19-12-18(22)13-23-19/h3-11,14,18-20,23H,12-13H2,1-2H3,(H,24,25)/t18?,19?,20-/m0/s1. The van der Waals surface area contributed by atoms with Crippen molar-refractivity contribution < 1.29 is 9.18 Å². The van der Waals surface area contributed by atoms with Crippen LogP contribution in [0.25, 0.3) is 0 Å². The van der Waals surface area contributed by atoms with Gasteiger partial charge in [-0.3, -0.25) is 4.79 Å². The molecule has 1 heterocycles. The third kappa shape index (κ3) is 4.26. The van der Waals surface area contributed by atoms with Gasteiger partial charge in [-0.2, -0.15) is 0 Å². The lowest BCUT2D eigenvalue weighted by molar-refractivity contribution is -0.123. The summed E-state index contributed by atoms with van der Waals surface area (Å²) in [5.41, 5.74) is 3.31.